The number of carbonyl (C=O) groups is 1. The van der Waals surface area contributed by atoms with Crippen LogP contribution in [0.25, 0.3) is 0 Å². The number of carbonyl (C=O) groups excluding carboxylic acids is 1. The fraction of sp³-hybridized carbons (Fsp3) is 0.870. The minimum atomic E-state index is -4.22. The molecule has 0 aliphatic rings. The van der Waals surface area contributed by atoms with Crippen LogP contribution in [0.4, 0.5) is 0 Å². The van der Waals surface area contributed by atoms with Gasteiger partial charge in [0.05, 0.1) is 13.2 Å². The van der Waals surface area contributed by atoms with Crippen LogP contribution in [0.5, 0.6) is 0 Å². The number of unbranched alkanes of at least 4 members (excludes halogenated alkanes) is 13. The van der Waals surface area contributed by atoms with Crippen molar-refractivity contribution in [3.8, 4) is 0 Å². The normalized spacial score (nSPS) is 14.2. The number of ether oxygens (including phenoxy) is 1. The highest BCUT2D eigenvalue weighted by atomic mass is 31.2. The van der Waals surface area contributed by atoms with Gasteiger partial charge in [-0.3, -0.25) is 9.05 Å². The number of hydrogen-bond acceptors (Lipinski definition) is 6. The maximum absolute atomic E-state index is 11.8. The van der Waals surface area contributed by atoms with Gasteiger partial charge in [0.1, 0.15) is 12.7 Å². The molecule has 7 nitrogen and oxygen atoms in total. The average Bonchev–Trinajstić information content (AvgIpc) is 2.73. The van der Waals surface area contributed by atoms with Gasteiger partial charge in [-0.1, -0.05) is 97.0 Å². The van der Waals surface area contributed by atoms with Gasteiger partial charge >= 0.3 is 13.8 Å². The quantitative estimate of drug-likeness (QED) is 0.0866. The smallest absolute Gasteiger partial charge is 0.460 e. The van der Waals surface area contributed by atoms with E-state index < -0.39 is 26.5 Å². The summed E-state index contributed by atoms with van der Waals surface area (Å²) in [7, 11) is -4.22. The van der Waals surface area contributed by atoms with Crippen LogP contribution in [0.3, 0.4) is 0 Å². The summed E-state index contributed by atoms with van der Waals surface area (Å²) < 4.78 is 26.2. The van der Waals surface area contributed by atoms with E-state index in [9.17, 15) is 19.4 Å². The second-order valence-electron chi connectivity index (χ2n) is 8.23. The van der Waals surface area contributed by atoms with E-state index in [1.807, 2.05) is 0 Å². The van der Waals surface area contributed by atoms with Crippen LogP contribution in [0, 0.1) is 0 Å². The second kappa shape index (κ2) is 19.9. The Bertz CT molecular complexity index is 510. The lowest BCUT2D eigenvalue weighted by molar-refractivity contribution is -0.142. The molecule has 2 atom stereocenters. The standard InChI is InChI=1S/C23H45O7P/c1-4-5-6-7-8-9-10-11-12-13-14-15-16-17-18-29-31(26,27)30-20-22(24)19-28-23(25)21(2)3/h22,24H,2,4-20H2,1,3H3,(H,26,27). The van der Waals surface area contributed by atoms with Crippen molar-refractivity contribution < 1.29 is 33.1 Å². The zero-order valence-electron chi connectivity index (χ0n) is 19.7. The summed E-state index contributed by atoms with van der Waals surface area (Å²) in [5.41, 5.74) is 0.206. The molecule has 0 heterocycles. The van der Waals surface area contributed by atoms with Gasteiger partial charge in [-0.2, -0.15) is 0 Å². The molecule has 0 amide bonds. The zero-order valence-corrected chi connectivity index (χ0v) is 20.6. The molecule has 31 heavy (non-hydrogen) atoms. The maximum Gasteiger partial charge on any atom is 0.472 e. The first-order chi connectivity index (χ1) is 14.8. The summed E-state index contributed by atoms with van der Waals surface area (Å²) in [4.78, 5) is 20.8. The van der Waals surface area contributed by atoms with Crippen molar-refractivity contribution in [1.29, 1.82) is 0 Å². The molecule has 0 saturated heterocycles. The van der Waals surface area contributed by atoms with E-state index >= 15 is 0 Å². The minimum Gasteiger partial charge on any atom is -0.460 e. The SMILES string of the molecule is C=C(C)C(=O)OCC(O)COP(=O)(O)OCCCCCCCCCCCCCCCC. The van der Waals surface area contributed by atoms with E-state index in [4.69, 9.17) is 13.8 Å². The number of phosphoric acid groups is 1. The maximum atomic E-state index is 11.8. The molecule has 2 N–H and O–H groups in total. The monoisotopic (exact) mass is 464 g/mol. The first-order valence-corrected chi connectivity index (χ1v) is 13.4. The van der Waals surface area contributed by atoms with E-state index in [1.54, 1.807) is 0 Å². The predicted molar refractivity (Wildman–Crippen MR) is 124 cm³/mol. The summed E-state index contributed by atoms with van der Waals surface area (Å²) in [6.45, 7) is 6.47. The molecule has 0 aromatic heterocycles. The third-order valence-corrected chi connectivity index (χ3v) is 5.92. The first-order valence-electron chi connectivity index (χ1n) is 11.9. The van der Waals surface area contributed by atoms with E-state index in [2.05, 4.69) is 13.5 Å². The Morgan fingerprint density at radius 2 is 1.29 bits per heavy atom. The lowest BCUT2D eigenvalue weighted by Gasteiger charge is -2.15. The van der Waals surface area contributed by atoms with Gasteiger partial charge in [0.2, 0.25) is 0 Å². The van der Waals surface area contributed by atoms with Gasteiger partial charge in [-0.15, -0.1) is 0 Å². The molecule has 0 aromatic carbocycles. The highest BCUT2D eigenvalue weighted by Crippen LogP contribution is 2.43. The molecular weight excluding hydrogens is 419 g/mol. The van der Waals surface area contributed by atoms with Crippen LogP contribution in [0.1, 0.15) is 104 Å². The molecule has 0 radical (unpaired) electrons. The Hall–Kier alpha value is -0.720. The van der Waals surface area contributed by atoms with Crippen molar-refractivity contribution in [1.82, 2.24) is 0 Å². The first kappa shape index (κ1) is 30.3. The average molecular weight is 465 g/mol. The van der Waals surface area contributed by atoms with E-state index in [0.29, 0.717) is 6.42 Å². The largest absolute Gasteiger partial charge is 0.472 e. The number of phosphoric ester groups is 1. The molecule has 184 valence electrons. The molecular formula is C23H45O7P. The summed E-state index contributed by atoms with van der Waals surface area (Å²) in [5, 5.41) is 9.63. The summed E-state index contributed by atoms with van der Waals surface area (Å²) in [6, 6.07) is 0. The van der Waals surface area contributed by atoms with Crippen molar-refractivity contribution in [3.05, 3.63) is 12.2 Å². The Labute approximate surface area is 189 Å². The molecule has 0 bridgehead atoms. The Balaban J connectivity index is 3.49. The van der Waals surface area contributed by atoms with Crippen LogP contribution in [-0.4, -0.2) is 41.9 Å². The third-order valence-electron chi connectivity index (χ3n) is 4.94. The molecule has 0 aliphatic heterocycles. The fourth-order valence-electron chi connectivity index (χ4n) is 3.04. The highest BCUT2D eigenvalue weighted by Gasteiger charge is 2.23. The lowest BCUT2D eigenvalue weighted by atomic mass is 10.0. The van der Waals surface area contributed by atoms with Gasteiger partial charge in [0.25, 0.3) is 0 Å². The van der Waals surface area contributed by atoms with Gasteiger partial charge < -0.3 is 14.7 Å². The molecule has 2 unspecified atom stereocenters. The topological polar surface area (TPSA) is 102 Å². The predicted octanol–water partition coefficient (Wildman–Crippen LogP) is 6.08. The lowest BCUT2D eigenvalue weighted by Crippen LogP contribution is -2.23. The summed E-state index contributed by atoms with van der Waals surface area (Å²) in [6.07, 6.45) is 16.0. The second-order valence-corrected chi connectivity index (χ2v) is 9.68. The number of aliphatic hydroxyl groups excluding tert-OH is 1. The van der Waals surface area contributed by atoms with Crippen molar-refractivity contribution >= 4 is 13.8 Å². The van der Waals surface area contributed by atoms with Gasteiger partial charge in [0.15, 0.2) is 0 Å². The van der Waals surface area contributed by atoms with Gasteiger partial charge in [-0.25, -0.2) is 9.36 Å². The fourth-order valence-corrected chi connectivity index (χ4v) is 3.83. The molecule has 0 rings (SSSR count). The molecule has 0 fully saturated rings. The van der Waals surface area contributed by atoms with Crippen molar-refractivity contribution in [2.45, 2.75) is 110 Å². The molecule has 0 saturated carbocycles. The van der Waals surface area contributed by atoms with E-state index in [-0.39, 0.29) is 18.8 Å². The van der Waals surface area contributed by atoms with Crippen LogP contribution in [0.15, 0.2) is 12.2 Å². The van der Waals surface area contributed by atoms with Crippen molar-refractivity contribution in [2.24, 2.45) is 0 Å². The number of aliphatic hydroxyl groups is 1. The number of esters is 1. The van der Waals surface area contributed by atoms with Crippen LogP contribution >= 0.6 is 7.82 Å². The molecule has 0 aliphatic carbocycles. The molecule has 0 aromatic rings. The zero-order chi connectivity index (χ0) is 23.4. The Morgan fingerprint density at radius 3 is 1.74 bits per heavy atom. The minimum absolute atomic E-state index is 0.131. The van der Waals surface area contributed by atoms with Gasteiger partial charge in [-0.05, 0) is 13.3 Å². The van der Waals surface area contributed by atoms with E-state index in [1.165, 1.54) is 77.6 Å². The third kappa shape index (κ3) is 20.9. The van der Waals surface area contributed by atoms with Crippen LogP contribution in [0.2, 0.25) is 0 Å². The number of rotatable bonds is 22. The summed E-state index contributed by atoms with van der Waals surface area (Å²) >= 11 is 0. The van der Waals surface area contributed by atoms with Crippen molar-refractivity contribution in [3.63, 3.8) is 0 Å². The van der Waals surface area contributed by atoms with Crippen LogP contribution in [-0.2, 0) is 23.1 Å². The van der Waals surface area contributed by atoms with Crippen LogP contribution < -0.4 is 0 Å². The van der Waals surface area contributed by atoms with Crippen molar-refractivity contribution in [2.75, 3.05) is 19.8 Å². The molecule has 0 spiro atoms. The summed E-state index contributed by atoms with van der Waals surface area (Å²) in [5.74, 6) is -0.639. The Kier molecular flexibility index (Phi) is 19.5. The molecule has 8 heteroatoms. The van der Waals surface area contributed by atoms with E-state index in [0.717, 1.165) is 12.8 Å². The van der Waals surface area contributed by atoms with Gasteiger partial charge in [0, 0.05) is 5.57 Å². The Morgan fingerprint density at radius 1 is 0.839 bits per heavy atom. The highest BCUT2D eigenvalue weighted by molar-refractivity contribution is 7.47. The number of hydrogen-bond donors (Lipinski definition) is 2.